The molecular weight excluding hydrogens is 432 g/mol. The van der Waals surface area contributed by atoms with Crippen LogP contribution < -0.4 is 10.2 Å². The molecule has 9 heteroatoms. The van der Waals surface area contributed by atoms with Crippen LogP contribution in [0, 0.1) is 18.8 Å². The van der Waals surface area contributed by atoms with Gasteiger partial charge in [-0.3, -0.25) is 4.79 Å². The van der Waals surface area contributed by atoms with Crippen LogP contribution >= 0.6 is 23.2 Å². The second-order valence-corrected chi connectivity index (χ2v) is 8.79. The van der Waals surface area contributed by atoms with Gasteiger partial charge >= 0.3 is 24.8 Å². The number of hydrogen-bond donors (Lipinski definition) is 3. The van der Waals surface area contributed by atoms with Crippen molar-refractivity contribution in [3.8, 4) is 0 Å². The maximum atomic E-state index is 12.5. The van der Waals surface area contributed by atoms with E-state index in [1.807, 2.05) is 18.2 Å². The Morgan fingerprint density at radius 2 is 1.71 bits per heavy atom. The van der Waals surface area contributed by atoms with Crippen LogP contribution in [-0.4, -0.2) is 60.0 Å². The molecule has 0 radical (unpaired) electrons. The monoisotopic (exact) mass is 451 g/mol. The normalized spacial score (nSPS) is 21.5. The number of carboxylic acid groups (broad SMARTS) is 1. The minimum absolute atomic E-state index is 0. The first-order chi connectivity index (χ1) is 14.3. The number of aromatic carboxylic acids is 1. The van der Waals surface area contributed by atoms with Gasteiger partial charge in [-0.25, -0.2) is 4.79 Å². The summed E-state index contributed by atoms with van der Waals surface area (Å²) in [5.41, 5.74) is 2.39. The van der Waals surface area contributed by atoms with Crippen molar-refractivity contribution >= 4 is 70.4 Å². The van der Waals surface area contributed by atoms with Crippen LogP contribution in [-0.2, 0) is 0 Å². The predicted molar refractivity (Wildman–Crippen MR) is 124 cm³/mol. The van der Waals surface area contributed by atoms with Crippen LogP contribution in [0.1, 0.15) is 26.5 Å². The van der Waals surface area contributed by atoms with Gasteiger partial charge in [-0.05, 0) is 42.0 Å². The van der Waals surface area contributed by atoms with E-state index in [0.717, 1.165) is 29.5 Å². The van der Waals surface area contributed by atoms with Gasteiger partial charge in [0.2, 0.25) is 0 Å². The average Bonchev–Trinajstić information content (AvgIpc) is 3.06. The molecule has 0 bridgehead atoms. The molecule has 6 nitrogen and oxygen atoms in total. The van der Waals surface area contributed by atoms with E-state index >= 15 is 0 Å². The molecule has 1 aliphatic carbocycles. The number of fused-ring (bicyclic) bond motifs is 2. The number of halogens is 2. The number of piperidine rings is 1. The number of amides is 1. The first kappa shape index (κ1) is 22.1. The summed E-state index contributed by atoms with van der Waals surface area (Å²) in [5, 5.41) is 14.8. The SMILES string of the molecule is Cc1[nH]c(C(=O)N[C@H]2[C@@H]3CN(c4ccc5cc(C(=O)O)ccc5c4)C[C@@H]32)c(Cl)c1Cl.[LiH]. The molecule has 2 fully saturated rings. The van der Waals surface area contributed by atoms with E-state index in [0.29, 0.717) is 28.2 Å². The molecule has 2 aliphatic rings. The van der Waals surface area contributed by atoms with E-state index in [1.165, 1.54) is 0 Å². The fourth-order valence-corrected chi connectivity index (χ4v) is 4.88. The molecule has 1 aromatic heterocycles. The second kappa shape index (κ2) is 8.11. The molecule has 1 amide bonds. The predicted octanol–water partition coefficient (Wildman–Crippen LogP) is 3.70. The Morgan fingerprint density at radius 1 is 1.06 bits per heavy atom. The summed E-state index contributed by atoms with van der Waals surface area (Å²) < 4.78 is 0. The van der Waals surface area contributed by atoms with Crippen molar-refractivity contribution in [1.29, 1.82) is 0 Å². The first-order valence-corrected chi connectivity index (χ1v) is 10.5. The first-order valence-electron chi connectivity index (χ1n) is 9.70. The molecule has 2 aromatic carbocycles. The van der Waals surface area contributed by atoms with Crippen molar-refractivity contribution in [1.82, 2.24) is 10.3 Å². The zero-order valence-corrected chi connectivity index (χ0v) is 17.6. The number of aryl methyl sites for hydroxylation is 1. The third kappa shape index (κ3) is 3.83. The van der Waals surface area contributed by atoms with Gasteiger partial charge in [0.05, 0.1) is 15.6 Å². The third-order valence-electron chi connectivity index (χ3n) is 6.21. The van der Waals surface area contributed by atoms with Crippen LogP contribution in [0.3, 0.4) is 0 Å². The molecule has 0 unspecified atom stereocenters. The van der Waals surface area contributed by atoms with Crippen molar-refractivity contribution in [2.24, 2.45) is 11.8 Å². The van der Waals surface area contributed by atoms with Crippen molar-refractivity contribution in [2.45, 2.75) is 13.0 Å². The molecule has 5 rings (SSSR count). The molecule has 31 heavy (non-hydrogen) atoms. The van der Waals surface area contributed by atoms with Gasteiger partial charge < -0.3 is 20.3 Å². The van der Waals surface area contributed by atoms with Crippen molar-refractivity contribution in [3.05, 3.63) is 63.4 Å². The molecule has 1 saturated heterocycles. The number of aromatic nitrogens is 1. The quantitative estimate of drug-likeness (QED) is 0.528. The fourth-order valence-electron chi connectivity index (χ4n) is 4.47. The Labute approximate surface area is 201 Å². The van der Waals surface area contributed by atoms with Crippen LogP contribution in [0.25, 0.3) is 10.8 Å². The molecule has 156 valence electrons. The summed E-state index contributed by atoms with van der Waals surface area (Å²) in [7, 11) is 0. The second-order valence-electron chi connectivity index (χ2n) is 8.04. The molecule has 0 spiro atoms. The number of aromatic amines is 1. The van der Waals surface area contributed by atoms with Crippen LogP contribution in [0.4, 0.5) is 5.69 Å². The van der Waals surface area contributed by atoms with Gasteiger partial charge in [0, 0.05) is 42.3 Å². The van der Waals surface area contributed by atoms with E-state index in [-0.39, 0.29) is 41.4 Å². The molecule has 1 aliphatic heterocycles. The van der Waals surface area contributed by atoms with Gasteiger partial charge in [-0.15, -0.1) is 0 Å². The maximum absolute atomic E-state index is 12.5. The Kier molecular flexibility index (Phi) is 5.78. The Morgan fingerprint density at radius 3 is 2.32 bits per heavy atom. The van der Waals surface area contributed by atoms with Crippen molar-refractivity contribution < 1.29 is 14.7 Å². The zero-order valence-electron chi connectivity index (χ0n) is 16.1. The molecule has 2 heterocycles. The number of carbonyl (C=O) groups is 2. The van der Waals surface area contributed by atoms with E-state index in [4.69, 9.17) is 28.3 Å². The zero-order chi connectivity index (χ0) is 21.2. The molecule has 3 N–H and O–H groups in total. The number of carboxylic acids is 1. The number of hydrogen-bond acceptors (Lipinski definition) is 3. The molecular formula is C22H20Cl2LiN3O3. The summed E-state index contributed by atoms with van der Waals surface area (Å²) in [4.78, 5) is 28.9. The summed E-state index contributed by atoms with van der Waals surface area (Å²) >= 11 is 12.2. The number of nitrogens with zero attached hydrogens (tertiary/aromatic N) is 1. The van der Waals surface area contributed by atoms with Crippen molar-refractivity contribution in [3.63, 3.8) is 0 Å². The van der Waals surface area contributed by atoms with Crippen LogP contribution in [0.15, 0.2) is 36.4 Å². The molecule has 3 atom stereocenters. The number of H-pyrrole nitrogens is 1. The van der Waals surface area contributed by atoms with Crippen LogP contribution in [0.5, 0.6) is 0 Å². The molecule has 1 saturated carbocycles. The average molecular weight is 452 g/mol. The van der Waals surface area contributed by atoms with Gasteiger partial charge in [0.1, 0.15) is 5.69 Å². The standard InChI is InChI=1S/C22H19Cl2N3O3.Li.H/c1-10-17(23)18(24)20(25-10)21(28)26-19-15-8-27(9-16(15)19)14-5-4-11-6-13(22(29)30)3-2-12(11)7-14;;/h2-7,15-16,19,25H,8-9H2,1H3,(H,26,28)(H,29,30);;/t15-,16+,19+;;. The van der Waals surface area contributed by atoms with E-state index in [9.17, 15) is 9.59 Å². The number of anilines is 1. The fraction of sp³-hybridized carbons (Fsp3) is 0.273. The van der Waals surface area contributed by atoms with Crippen molar-refractivity contribution in [2.75, 3.05) is 18.0 Å². The van der Waals surface area contributed by atoms with E-state index in [1.54, 1.807) is 19.1 Å². The van der Waals surface area contributed by atoms with Gasteiger partial charge in [-0.1, -0.05) is 35.3 Å². The Balaban J connectivity index is 0.00000231. The Bertz CT molecular complexity index is 1200. The topological polar surface area (TPSA) is 85.4 Å². The van der Waals surface area contributed by atoms with E-state index < -0.39 is 5.97 Å². The number of carbonyl (C=O) groups excluding carboxylic acids is 1. The minimum atomic E-state index is -0.924. The number of rotatable bonds is 4. The summed E-state index contributed by atoms with van der Waals surface area (Å²) in [6.07, 6.45) is 0. The number of nitrogens with one attached hydrogen (secondary N) is 2. The van der Waals surface area contributed by atoms with Gasteiger partial charge in [0.15, 0.2) is 0 Å². The van der Waals surface area contributed by atoms with Crippen LogP contribution in [0.2, 0.25) is 10.0 Å². The summed E-state index contributed by atoms with van der Waals surface area (Å²) in [6.45, 7) is 3.51. The Hall–Kier alpha value is -2.10. The number of benzene rings is 2. The molecule has 3 aromatic rings. The van der Waals surface area contributed by atoms with Gasteiger partial charge in [-0.2, -0.15) is 0 Å². The van der Waals surface area contributed by atoms with E-state index in [2.05, 4.69) is 21.3 Å². The summed E-state index contributed by atoms with van der Waals surface area (Å²) in [6, 6.07) is 11.4. The third-order valence-corrected chi connectivity index (χ3v) is 7.16. The van der Waals surface area contributed by atoms with Gasteiger partial charge in [0.25, 0.3) is 5.91 Å². The summed E-state index contributed by atoms with van der Waals surface area (Å²) in [5.74, 6) is -0.332.